The minimum absolute atomic E-state index is 0.0346. The standard InChI is InChI=1S/C28H29F2N7O5S/c1-17-11-19(12-20-26(17)33-16-36(28(20)38)18-7-6-8-31-14-18)35(15-23-32-9-10-37(23)43(39,40)34(2)3)27-24(29)21(41-4)13-22(42-5)25(27)30/h6-10,12-14,16-17H,11,15H2,1-5H3. The average molecular weight is 614 g/mol. The molecule has 1 aliphatic rings. The number of anilines is 1. The highest BCUT2D eigenvalue weighted by Gasteiger charge is 2.33. The monoisotopic (exact) mass is 613 g/mol. The number of hydrogen-bond donors (Lipinski definition) is 0. The Hall–Kier alpha value is -4.63. The molecule has 1 aliphatic carbocycles. The Morgan fingerprint density at radius 3 is 2.40 bits per heavy atom. The molecule has 1 atom stereocenters. The van der Waals surface area contributed by atoms with Crippen molar-refractivity contribution < 1.29 is 26.7 Å². The third kappa shape index (κ3) is 5.25. The summed E-state index contributed by atoms with van der Waals surface area (Å²) in [5.41, 5.74) is 0.542. The van der Waals surface area contributed by atoms with Crippen LogP contribution in [0.25, 0.3) is 11.8 Å². The molecule has 0 N–H and O–H groups in total. The fraction of sp³-hybridized carbons (Fsp3) is 0.286. The Balaban J connectivity index is 1.75. The van der Waals surface area contributed by atoms with Crippen molar-refractivity contribution >= 4 is 22.0 Å². The number of halogens is 2. The van der Waals surface area contributed by atoms with Crippen LogP contribution in [0.4, 0.5) is 14.5 Å². The van der Waals surface area contributed by atoms with Crippen LogP contribution < -0.4 is 19.9 Å². The van der Waals surface area contributed by atoms with E-state index >= 15 is 8.78 Å². The molecule has 0 saturated carbocycles. The first-order chi connectivity index (χ1) is 20.5. The summed E-state index contributed by atoms with van der Waals surface area (Å²) in [7, 11) is 1.12. The molecule has 5 rings (SSSR count). The van der Waals surface area contributed by atoms with Gasteiger partial charge in [0.2, 0.25) is 0 Å². The highest BCUT2D eigenvalue weighted by atomic mass is 32.2. The van der Waals surface area contributed by atoms with Gasteiger partial charge in [0.25, 0.3) is 5.56 Å². The molecular weight excluding hydrogens is 584 g/mol. The summed E-state index contributed by atoms with van der Waals surface area (Å²) < 4.78 is 71.6. The second kappa shape index (κ2) is 11.6. The molecule has 0 aliphatic heterocycles. The normalized spacial score (nSPS) is 14.8. The Labute approximate surface area is 246 Å². The maximum absolute atomic E-state index is 16.0. The third-order valence-electron chi connectivity index (χ3n) is 7.11. The van der Waals surface area contributed by atoms with Crippen LogP contribution >= 0.6 is 0 Å². The van der Waals surface area contributed by atoms with Crippen molar-refractivity contribution in [2.75, 3.05) is 33.2 Å². The molecule has 0 radical (unpaired) electrons. The zero-order valence-corrected chi connectivity index (χ0v) is 24.8. The minimum Gasteiger partial charge on any atom is -0.493 e. The largest absolute Gasteiger partial charge is 0.493 e. The van der Waals surface area contributed by atoms with Crippen molar-refractivity contribution in [2.45, 2.75) is 25.8 Å². The molecule has 3 heterocycles. The first-order valence-electron chi connectivity index (χ1n) is 13.0. The minimum atomic E-state index is -4.04. The number of pyridine rings is 1. The Morgan fingerprint density at radius 1 is 1.09 bits per heavy atom. The van der Waals surface area contributed by atoms with Crippen molar-refractivity contribution in [1.82, 2.24) is 27.8 Å². The number of hydrogen-bond acceptors (Lipinski definition) is 9. The topological polar surface area (TPSA) is 125 Å². The summed E-state index contributed by atoms with van der Waals surface area (Å²) in [6.45, 7) is 1.44. The Bertz CT molecular complexity index is 1850. The van der Waals surface area contributed by atoms with Gasteiger partial charge in [-0.2, -0.15) is 12.7 Å². The predicted molar refractivity (Wildman–Crippen MR) is 155 cm³/mol. The molecule has 0 amide bonds. The van der Waals surface area contributed by atoms with Crippen molar-refractivity contribution in [1.29, 1.82) is 0 Å². The van der Waals surface area contributed by atoms with Gasteiger partial charge in [0.05, 0.1) is 43.9 Å². The number of ether oxygens (including phenoxy) is 2. The third-order valence-corrected chi connectivity index (χ3v) is 8.86. The summed E-state index contributed by atoms with van der Waals surface area (Å²) >= 11 is 0. The molecule has 0 bridgehead atoms. The summed E-state index contributed by atoms with van der Waals surface area (Å²) in [5.74, 6) is -3.08. The van der Waals surface area contributed by atoms with E-state index in [0.29, 0.717) is 17.1 Å². The Morgan fingerprint density at radius 2 is 1.79 bits per heavy atom. The molecular formula is C28H29F2N7O5S. The Kier molecular flexibility index (Phi) is 8.03. The van der Waals surface area contributed by atoms with Gasteiger partial charge in [0.1, 0.15) is 17.8 Å². The molecule has 226 valence electrons. The highest BCUT2D eigenvalue weighted by Crippen LogP contribution is 2.42. The number of allylic oxidation sites excluding steroid dienone is 1. The number of fused-ring (bicyclic) bond motifs is 1. The van der Waals surface area contributed by atoms with Gasteiger partial charge in [0, 0.05) is 50.4 Å². The lowest BCUT2D eigenvalue weighted by molar-refractivity contribution is 0.358. The van der Waals surface area contributed by atoms with E-state index in [9.17, 15) is 13.2 Å². The van der Waals surface area contributed by atoms with E-state index in [1.165, 1.54) is 68.8 Å². The van der Waals surface area contributed by atoms with Gasteiger partial charge in [-0.3, -0.25) is 14.3 Å². The molecule has 4 aromatic rings. The van der Waals surface area contributed by atoms with E-state index in [2.05, 4.69) is 15.0 Å². The lowest BCUT2D eigenvalue weighted by atomic mass is 9.90. The summed E-state index contributed by atoms with van der Waals surface area (Å²) in [5, 5.41) is 0. The van der Waals surface area contributed by atoms with E-state index in [4.69, 9.17) is 9.47 Å². The van der Waals surface area contributed by atoms with Crippen LogP contribution in [-0.2, 0) is 16.8 Å². The molecule has 0 saturated heterocycles. The molecule has 15 heteroatoms. The predicted octanol–water partition coefficient (Wildman–Crippen LogP) is 3.33. The van der Waals surface area contributed by atoms with Crippen LogP contribution in [0.1, 0.15) is 36.3 Å². The highest BCUT2D eigenvalue weighted by molar-refractivity contribution is 7.87. The van der Waals surface area contributed by atoms with Gasteiger partial charge in [0.15, 0.2) is 23.1 Å². The van der Waals surface area contributed by atoms with E-state index in [1.807, 2.05) is 6.92 Å². The number of benzene rings is 1. The SMILES string of the molecule is COc1cc(OC)c(F)c(N(Cc2nccn2S(=O)(=O)N(C)C)C2=Cc3c(ncn(-c4cccnc4)c3=O)C(C)C2)c1F. The summed E-state index contributed by atoms with van der Waals surface area (Å²) in [4.78, 5) is 27.8. The van der Waals surface area contributed by atoms with Crippen molar-refractivity contribution in [3.63, 3.8) is 0 Å². The lowest BCUT2D eigenvalue weighted by Crippen LogP contribution is -2.34. The number of aromatic nitrogens is 5. The summed E-state index contributed by atoms with van der Waals surface area (Å²) in [6, 6.07) is 4.45. The smallest absolute Gasteiger partial charge is 0.308 e. The van der Waals surface area contributed by atoms with Crippen LogP contribution in [0.3, 0.4) is 0 Å². The average Bonchev–Trinajstić information content (AvgIpc) is 3.47. The molecule has 3 aromatic heterocycles. The van der Waals surface area contributed by atoms with Crippen LogP contribution in [0, 0.1) is 11.6 Å². The van der Waals surface area contributed by atoms with Crippen molar-refractivity contribution in [3.8, 4) is 17.2 Å². The quantitative estimate of drug-likeness (QED) is 0.280. The summed E-state index contributed by atoms with van der Waals surface area (Å²) in [6.07, 6.45) is 8.73. The molecule has 12 nitrogen and oxygen atoms in total. The number of methoxy groups -OCH3 is 2. The molecule has 0 spiro atoms. The zero-order chi connectivity index (χ0) is 31.1. The van der Waals surface area contributed by atoms with Gasteiger partial charge >= 0.3 is 10.2 Å². The van der Waals surface area contributed by atoms with Gasteiger partial charge < -0.3 is 14.4 Å². The second-order valence-corrected chi connectivity index (χ2v) is 12.0. The van der Waals surface area contributed by atoms with Gasteiger partial charge in [-0.15, -0.1) is 0 Å². The molecule has 43 heavy (non-hydrogen) atoms. The number of imidazole rings is 1. The van der Waals surface area contributed by atoms with Crippen LogP contribution in [-0.4, -0.2) is 64.5 Å². The lowest BCUT2D eigenvalue weighted by Gasteiger charge is -2.33. The molecule has 0 fully saturated rings. The van der Waals surface area contributed by atoms with Gasteiger partial charge in [-0.25, -0.2) is 22.7 Å². The number of rotatable bonds is 9. The first kappa shape index (κ1) is 29.8. The molecule has 1 unspecified atom stereocenters. The van der Waals surface area contributed by atoms with E-state index in [0.717, 1.165) is 14.3 Å². The second-order valence-electron chi connectivity index (χ2n) is 9.94. The van der Waals surface area contributed by atoms with Crippen molar-refractivity contribution in [3.05, 3.63) is 94.1 Å². The number of nitrogens with zero attached hydrogens (tertiary/aromatic N) is 7. The van der Waals surface area contributed by atoms with E-state index < -0.39 is 39.6 Å². The van der Waals surface area contributed by atoms with Gasteiger partial charge in [-0.1, -0.05) is 6.92 Å². The zero-order valence-electron chi connectivity index (χ0n) is 24.0. The molecule has 1 aromatic carbocycles. The van der Waals surface area contributed by atoms with Crippen molar-refractivity contribution in [2.24, 2.45) is 0 Å². The van der Waals surface area contributed by atoms with E-state index in [-0.39, 0.29) is 35.2 Å². The van der Waals surface area contributed by atoms with Crippen LogP contribution in [0.15, 0.2) is 59.8 Å². The van der Waals surface area contributed by atoms with Gasteiger partial charge in [-0.05, 0) is 24.6 Å². The fourth-order valence-electron chi connectivity index (χ4n) is 4.91. The fourth-order valence-corrected chi connectivity index (χ4v) is 5.84. The first-order valence-corrected chi connectivity index (χ1v) is 14.4. The van der Waals surface area contributed by atoms with E-state index in [1.54, 1.807) is 18.3 Å². The maximum atomic E-state index is 16.0. The van der Waals surface area contributed by atoms with Crippen LogP contribution in [0.2, 0.25) is 0 Å². The van der Waals surface area contributed by atoms with Crippen LogP contribution in [0.5, 0.6) is 11.5 Å². The maximum Gasteiger partial charge on any atom is 0.308 e.